The number of para-hydroxylation sites is 1. The van der Waals surface area contributed by atoms with Gasteiger partial charge < -0.3 is 16.0 Å². The van der Waals surface area contributed by atoms with Gasteiger partial charge in [0.2, 0.25) is 0 Å². The third-order valence-electron chi connectivity index (χ3n) is 5.00. The fraction of sp³-hybridized carbons (Fsp3) is 0.0417. The van der Waals surface area contributed by atoms with Crippen molar-refractivity contribution in [3.8, 4) is 0 Å². The molecule has 0 fully saturated rings. The topological polar surface area (TPSA) is 78.9 Å². The van der Waals surface area contributed by atoms with E-state index in [0.29, 0.717) is 11.3 Å². The Labute approximate surface area is 174 Å². The zero-order valence-electron chi connectivity index (χ0n) is 16.1. The molecule has 0 saturated carbocycles. The molecule has 6 heteroatoms. The normalized spacial score (nSPS) is 11.6. The second kappa shape index (κ2) is 7.67. The van der Waals surface area contributed by atoms with Gasteiger partial charge in [0.05, 0.1) is 0 Å². The number of aromatic nitrogens is 2. The lowest BCUT2D eigenvalue weighted by molar-refractivity contribution is 0.102. The van der Waals surface area contributed by atoms with Crippen molar-refractivity contribution >= 4 is 34.6 Å². The van der Waals surface area contributed by atoms with E-state index in [2.05, 4.69) is 32.0 Å². The maximum atomic E-state index is 12.4. The predicted octanol–water partition coefficient (Wildman–Crippen LogP) is 5.12. The van der Waals surface area contributed by atoms with Crippen molar-refractivity contribution in [2.45, 2.75) is 6.42 Å². The lowest BCUT2D eigenvalue weighted by Crippen LogP contribution is -2.13. The second-order valence-electron chi connectivity index (χ2n) is 7.03. The predicted molar refractivity (Wildman–Crippen MR) is 119 cm³/mol. The smallest absolute Gasteiger partial charge is 0.255 e. The molecular formula is C24H19N5O. The number of rotatable bonds is 4. The molecule has 3 N–H and O–H groups in total. The lowest BCUT2D eigenvalue weighted by atomic mass is 10.00. The van der Waals surface area contributed by atoms with Gasteiger partial charge in [-0.1, -0.05) is 42.5 Å². The zero-order valence-corrected chi connectivity index (χ0v) is 16.1. The highest BCUT2D eigenvalue weighted by Crippen LogP contribution is 2.35. The number of hydrogen-bond acceptors (Lipinski definition) is 5. The van der Waals surface area contributed by atoms with Gasteiger partial charge >= 0.3 is 0 Å². The Balaban J connectivity index is 1.38. The van der Waals surface area contributed by atoms with Crippen molar-refractivity contribution in [1.82, 2.24) is 9.97 Å². The first-order chi connectivity index (χ1) is 14.8. The third-order valence-corrected chi connectivity index (χ3v) is 5.00. The Morgan fingerprint density at radius 1 is 0.867 bits per heavy atom. The Morgan fingerprint density at radius 3 is 2.57 bits per heavy atom. The number of hydrogen-bond donors (Lipinski definition) is 3. The summed E-state index contributed by atoms with van der Waals surface area (Å²) >= 11 is 0. The van der Waals surface area contributed by atoms with E-state index in [1.54, 1.807) is 18.5 Å². The molecule has 0 radical (unpaired) electrons. The van der Waals surface area contributed by atoms with E-state index >= 15 is 0 Å². The van der Waals surface area contributed by atoms with Crippen LogP contribution in [-0.4, -0.2) is 15.9 Å². The minimum Gasteiger partial charge on any atom is -0.340 e. The fourth-order valence-corrected chi connectivity index (χ4v) is 3.51. The number of benzene rings is 3. The van der Waals surface area contributed by atoms with Gasteiger partial charge in [0, 0.05) is 34.6 Å². The maximum absolute atomic E-state index is 12.4. The largest absolute Gasteiger partial charge is 0.340 e. The van der Waals surface area contributed by atoms with Crippen LogP contribution in [0.3, 0.4) is 0 Å². The van der Waals surface area contributed by atoms with Crippen LogP contribution < -0.4 is 16.0 Å². The number of anilines is 5. The van der Waals surface area contributed by atoms with Crippen LogP contribution in [0.5, 0.6) is 0 Å². The van der Waals surface area contributed by atoms with Crippen LogP contribution in [0, 0.1) is 0 Å². The molecule has 0 saturated heterocycles. The maximum Gasteiger partial charge on any atom is 0.255 e. The van der Waals surface area contributed by atoms with Gasteiger partial charge in [-0.3, -0.25) is 4.79 Å². The van der Waals surface area contributed by atoms with Crippen molar-refractivity contribution in [2.24, 2.45) is 0 Å². The summed E-state index contributed by atoms with van der Waals surface area (Å²) in [6.07, 6.45) is 2.29. The average molecular weight is 393 g/mol. The molecule has 0 atom stereocenters. The van der Waals surface area contributed by atoms with Crippen LogP contribution >= 0.6 is 0 Å². The molecule has 0 bridgehead atoms. The molecule has 3 aromatic carbocycles. The molecular weight excluding hydrogens is 374 g/mol. The monoisotopic (exact) mass is 393 g/mol. The summed E-state index contributed by atoms with van der Waals surface area (Å²) in [6.45, 7) is 0. The summed E-state index contributed by atoms with van der Waals surface area (Å²) in [5, 5.41) is 9.68. The Morgan fingerprint density at radius 2 is 1.67 bits per heavy atom. The third kappa shape index (κ3) is 3.58. The van der Waals surface area contributed by atoms with Crippen molar-refractivity contribution < 1.29 is 4.79 Å². The number of carbonyl (C=O) groups excluding carboxylic acids is 1. The number of amides is 1. The van der Waals surface area contributed by atoms with Crippen LogP contribution in [-0.2, 0) is 6.42 Å². The van der Waals surface area contributed by atoms with Crippen LogP contribution in [0.4, 0.5) is 28.7 Å². The van der Waals surface area contributed by atoms with Crippen LogP contribution in [0.1, 0.15) is 21.5 Å². The highest BCUT2D eigenvalue weighted by Gasteiger charge is 2.19. The highest BCUT2D eigenvalue weighted by molar-refractivity contribution is 6.04. The van der Waals surface area contributed by atoms with E-state index in [4.69, 9.17) is 0 Å². The number of nitrogens with zero attached hydrogens (tertiary/aromatic N) is 2. The fourth-order valence-electron chi connectivity index (χ4n) is 3.51. The Hall–Kier alpha value is -4.19. The van der Waals surface area contributed by atoms with Crippen molar-refractivity contribution in [2.75, 3.05) is 16.0 Å². The molecule has 0 aliphatic carbocycles. The minimum absolute atomic E-state index is 0.145. The summed E-state index contributed by atoms with van der Waals surface area (Å²) in [6, 6.07) is 24.9. The first-order valence-electron chi connectivity index (χ1n) is 9.68. The summed E-state index contributed by atoms with van der Waals surface area (Å²) in [7, 11) is 0. The molecule has 2 heterocycles. The molecule has 0 spiro atoms. The minimum atomic E-state index is -0.145. The molecule has 5 rings (SSSR count). The van der Waals surface area contributed by atoms with Gasteiger partial charge in [-0.25, -0.2) is 9.97 Å². The summed E-state index contributed by atoms with van der Waals surface area (Å²) in [5.74, 6) is 1.40. The number of nitrogens with one attached hydrogen (secondary N) is 3. The van der Waals surface area contributed by atoms with Crippen molar-refractivity contribution in [1.29, 1.82) is 0 Å². The first-order valence-corrected chi connectivity index (χ1v) is 9.68. The molecule has 0 unspecified atom stereocenters. The van der Waals surface area contributed by atoms with E-state index in [0.717, 1.165) is 35.0 Å². The van der Waals surface area contributed by atoms with Crippen LogP contribution in [0.25, 0.3) is 0 Å². The van der Waals surface area contributed by atoms with Gasteiger partial charge in [-0.15, -0.1) is 0 Å². The quantitative estimate of drug-likeness (QED) is 0.395. The molecule has 1 amide bonds. The SMILES string of the molecule is O=C(Nc1cccc(Nc2ncnc3c2Cc2ccccc2N3)c1)c1ccccc1. The molecule has 4 aromatic rings. The van der Waals surface area contributed by atoms with E-state index < -0.39 is 0 Å². The number of carbonyl (C=O) groups is 1. The van der Waals surface area contributed by atoms with E-state index in [1.165, 1.54) is 5.56 Å². The summed E-state index contributed by atoms with van der Waals surface area (Å²) in [4.78, 5) is 21.3. The van der Waals surface area contributed by atoms with Crippen LogP contribution in [0.2, 0.25) is 0 Å². The Kier molecular flexibility index (Phi) is 4.57. The molecule has 30 heavy (non-hydrogen) atoms. The first kappa shape index (κ1) is 17.9. The van der Waals surface area contributed by atoms with Gasteiger partial charge in [-0.05, 0) is 42.0 Å². The Bertz CT molecular complexity index is 1220. The molecule has 146 valence electrons. The van der Waals surface area contributed by atoms with Gasteiger partial charge in [0.25, 0.3) is 5.91 Å². The van der Waals surface area contributed by atoms with Gasteiger partial charge in [0.15, 0.2) is 0 Å². The molecule has 6 nitrogen and oxygen atoms in total. The molecule has 1 aliphatic heterocycles. The molecule has 1 aliphatic rings. The lowest BCUT2D eigenvalue weighted by Gasteiger charge is -2.22. The highest BCUT2D eigenvalue weighted by atomic mass is 16.1. The second-order valence-corrected chi connectivity index (χ2v) is 7.03. The summed E-state index contributed by atoms with van der Waals surface area (Å²) < 4.78 is 0. The molecule has 1 aromatic heterocycles. The van der Waals surface area contributed by atoms with Crippen LogP contribution in [0.15, 0.2) is 85.2 Å². The van der Waals surface area contributed by atoms with Gasteiger partial charge in [-0.2, -0.15) is 0 Å². The van der Waals surface area contributed by atoms with Gasteiger partial charge in [0.1, 0.15) is 18.0 Å². The van der Waals surface area contributed by atoms with Crippen molar-refractivity contribution in [3.05, 3.63) is 102 Å². The van der Waals surface area contributed by atoms with E-state index in [9.17, 15) is 4.79 Å². The standard InChI is InChI=1S/C24H19N5O/c30-24(16-7-2-1-3-8-16)28-19-11-6-10-18(14-19)27-22-20-13-17-9-4-5-12-21(17)29-23(20)26-15-25-22/h1-12,14-15H,13H2,(H,28,30)(H2,25,26,27,29). The van der Waals surface area contributed by atoms with E-state index in [-0.39, 0.29) is 5.91 Å². The average Bonchev–Trinajstić information content (AvgIpc) is 2.79. The summed E-state index contributed by atoms with van der Waals surface area (Å²) in [5.41, 5.74) is 5.44. The van der Waals surface area contributed by atoms with E-state index in [1.807, 2.05) is 60.7 Å². The van der Waals surface area contributed by atoms with Crippen molar-refractivity contribution in [3.63, 3.8) is 0 Å². The zero-order chi connectivity index (χ0) is 20.3. The number of fused-ring (bicyclic) bond motifs is 2.